The molecule has 1 aliphatic heterocycles. The van der Waals surface area contributed by atoms with Crippen LogP contribution in [0, 0.1) is 5.92 Å². The number of rotatable bonds is 8. The molecule has 0 bridgehead atoms. The normalized spacial score (nSPS) is 20.4. The highest BCUT2D eigenvalue weighted by Crippen LogP contribution is 2.35. The maximum Gasteiger partial charge on any atom is 0.421 e. The van der Waals surface area contributed by atoms with Crippen LogP contribution in [0.4, 0.5) is 30.6 Å². The molecule has 1 aromatic carbocycles. The third-order valence-corrected chi connectivity index (χ3v) is 7.73. The highest BCUT2D eigenvalue weighted by atomic mass is 19.4. The third-order valence-electron chi connectivity index (χ3n) is 7.73. The summed E-state index contributed by atoms with van der Waals surface area (Å²) in [6.45, 7) is 5.44. The van der Waals surface area contributed by atoms with Gasteiger partial charge in [-0.15, -0.1) is 0 Å². The molecule has 1 aliphatic carbocycles. The molecule has 0 unspecified atom stereocenters. The van der Waals surface area contributed by atoms with E-state index in [0.717, 1.165) is 38.5 Å². The minimum atomic E-state index is -4.65. The third kappa shape index (κ3) is 7.21. The fraction of sp³-hybridized carbons (Fsp3) is 0.571. The molecular formula is C28H38F3N7O2. The second-order valence-electron chi connectivity index (χ2n) is 11.1. The van der Waals surface area contributed by atoms with E-state index in [4.69, 9.17) is 0 Å². The minimum Gasteiger partial charge on any atom is -0.365 e. The number of anilines is 3. The second kappa shape index (κ2) is 12.4. The van der Waals surface area contributed by atoms with E-state index < -0.39 is 17.8 Å². The zero-order chi connectivity index (χ0) is 29.0. The Morgan fingerprint density at radius 3 is 2.33 bits per heavy atom. The summed E-state index contributed by atoms with van der Waals surface area (Å²) in [6.07, 6.45) is -0.00521. The van der Waals surface area contributed by atoms with Crippen molar-refractivity contribution in [2.45, 2.75) is 70.3 Å². The Balaban J connectivity index is 1.46. The van der Waals surface area contributed by atoms with Crippen LogP contribution in [0.2, 0.25) is 0 Å². The van der Waals surface area contributed by atoms with Gasteiger partial charge in [-0.3, -0.25) is 9.59 Å². The molecule has 2 amide bonds. The molecular weight excluding hydrogens is 523 g/mol. The van der Waals surface area contributed by atoms with Crippen molar-refractivity contribution in [3.8, 4) is 0 Å². The van der Waals surface area contributed by atoms with Gasteiger partial charge in [-0.1, -0.05) is 13.8 Å². The smallest absolute Gasteiger partial charge is 0.365 e. The van der Waals surface area contributed by atoms with E-state index in [-0.39, 0.29) is 41.6 Å². The van der Waals surface area contributed by atoms with Crippen LogP contribution in [0.5, 0.6) is 0 Å². The van der Waals surface area contributed by atoms with Gasteiger partial charge in [-0.2, -0.15) is 18.2 Å². The fourth-order valence-electron chi connectivity index (χ4n) is 5.17. The number of carbonyl (C=O) groups is 2. The zero-order valence-electron chi connectivity index (χ0n) is 23.4. The number of piperidine rings is 1. The number of likely N-dealkylation sites (tertiary alicyclic amines) is 1. The van der Waals surface area contributed by atoms with Crippen LogP contribution in [-0.4, -0.2) is 76.9 Å². The Morgan fingerprint density at radius 2 is 1.70 bits per heavy atom. The molecule has 0 spiro atoms. The Labute approximate surface area is 232 Å². The zero-order valence-corrected chi connectivity index (χ0v) is 23.4. The lowest BCUT2D eigenvalue weighted by Crippen LogP contribution is -2.45. The molecule has 12 heteroatoms. The van der Waals surface area contributed by atoms with Crippen molar-refractivity contribution in [1.29, 1.82) is 0 Å². The van der Waals surface area contributed by atoms with Gasteiger partial charge in [0.25, 0.3) is 5.91 Å². The summed E-state index contributed by atoms with van der Waals surface area (Å²) in [5, 5.41) is 8.80. The molecule has 1 saturated carbocycles. The maximum absolute atomic E-state index is 13.8. The van der Waals surface area contributed by atoms with Crippen molar-refractivity contribution in [1.82, 2.24) is 25.1 Å². The highest BCUT2D eigenvalue weighted by molar-refractivity contribution is 5.94. The van der Waals surface area contributed by atoms with Crippen molar-refractivity contribution in [3.05, 3.63) is 41.6 Å². The predicted octanol–water partition coefficient (Wildman–Crippen LogP) is 4.51. The van der Waals surface area contributed by atoms with Crippen molar-refractivity contribution < 1.29 is 22.8 Å². The number of amides is 2. The number of hydrogen-bond acceptors (Lipinski definition) is 7. The molecule has 2 aliphatic rings. The van der Waals surface area contributed by atoms with Crippen molar-refractivity contribution in [3.63, 3.8) is 0 Å². The van der Waals surface area contributed by atoms with E-state index in [1.807, 2.05) is 7.05 Å². The molecule has 1 aromatic heterocycles. The van der Waals surface area contributed by atoms with E-state index in [2.05, 4.69) is 37.9 Å². The van der Waals surface area contributed by atoms with Crippen LogP contribution in [0.15, 0.2) is 30.5 Å². The minimum absolute atomic E-state index is 0.0150. The molecule has 40 heavy (non-hydrogen) atoms. The fourth-order valence-corrected chi connectivity index (χ4v) is 5.17. The van der Waals surface area contributed by atoms with Crippen molar-refractivity contribution in [2.24, 2.45) is 5.92 Å². The number of hydrogen-bond donors (Lipinski definition) is 3. The summed E-state index contributed by atoms with van der Waals surface area (Å²) in [7, 11) is 3.89. The SMILES string of the molecule is CC(C)C(=O)N[C@H]1CCC[C@H]1Nc1nc(Nc2ccc(C(=O)N(C)C3CCN(C)CC3)cc2)ncc1C(F)(F)F. The quantitative estimate of drug-likeness (QED) is 0.436. The van der Waals surface area contributed by atoms with Crippen molar-refractivity contribution >= 4 is 29.3 Å². The molecule has 4 rings (SSSR count). The number of nitrogens with one attached hydrogen (secondary N) is 3. The van der Waals surface area contributed by atoms with E-state index in [0.29, 0.717) is 24.1 Å². The molecule has 218 valence electrons. The van der Waals surface area contributed by atoms with E-state index in [9.17, 15) is 22.8 Å². The second-order valence-corrected chi connectivity index (χ2v) is 11.1. The topological polar surface area (TPSA) is 102 Å². The van der Waals surface area contributed by atoms with Gasteiger partial charge < -0.3 is 25.8 Å². The first-order valence-corrected chi connectivity index (χ1v) is 13.8. The monoisotopic (exact) mass is 561 g/mol. The van der Waals surface area contributed by atoms with Crippen LogP contribution in [0.3, 0.4) is 0 Å². The van der Waals surface area contributed by atoms with Crippen molar-refractivity contribution in [2.75, 3.05) is 37.8 Å². The summed E-state index contributed by atoms with van der Waals surface area (Å²) >= 11 is 0. The number of carbonyl (C=O) groups excluding carboxylic acids is 2. The van der Waals surface area contributed by atoms with Gasteiger partial charge in [0.2, 0.25) is 11.9 Å². The summed E-state index contributed by atoms with van der Waals surface area (Å²) in [4.78, 5) is 37.3. The predicted molar refractivity (Wildman–Crippen MR) is 147 cm³/mol. The number of alkyl halides is 3. The first kappa shape index (κ1) is 29.6. The summed E-state index contributed by atoms with van der Waals surface area (Å²) in [5.74, 6) is -0.794. The lowest BCUT2D eigenvalue weighted by atomic mass is 10.0. The highest BCUT2D eigenvalue weighted by Gasteiger charge is 2.37. The van der Waals surface area contributed by atoms with Gasteiger partial charge in [0.1, 0.15) is 11.4 Å². The van der Waals surface area contributed by atoms with E-state index in [1.165, 1.54) is 0 Å². The molecule has 3 N–H and O–H groups in total. The maximum atomic E-state index is 13.8. The van der Waals surface area contributed by atoms with Gasteiger partial charge in [-0.05, 0) is 76.5 Å². The molecule has 1 saturated heterocycles. The number of halogens is 3. The van der Waals surface area contributed by atoms with Gasteiger partial charge in [0.05, 0.1) is 0 Å². The van der Waals surface area contributed by atoms with Gasteiger partial charge >= 0.3 is 6.18 Å². The van der Waals surface area contributed by atoms with Crippen LogP contribution < -0.4 is 16.0 Å². The molecule has 2 fully saturated rings. The summed E-state index contributed by atoms with van der Waals surface area (Å²) < 4.78 is 41.4. The number of benzene rings is 1. The lowest BCUT2D eigenvalue weighted by molar-refractivity contribution is -0.137. The van der Waals surface area contributed by atoms with Crippen LogP contribution in [-0.2, 0) is 11.0 Å². The molecule has 2 atom stereocenters. The van der Waals surface area contributed by atoms with Crippen LogP contribution in [0.25, 0.3) is 0 Å². The van der Waals surface area contributed by atoms with E-state index in [1.54, 1.807) is 43.0 Å². The summed E-state index contributed by atoms with van der Waals surface area (Å²) in [5.41, 5.74) is 0.0855. The Kier molecular flexibility index (Phi) is 9.17. The average Bonchev–Trinajstić information content (AvgIpc) is 3.34. The number of nitrogens with zero attached hydrogens (tertiary/aromatic N) is 4. The largest absolute Gasteiger partial charge is 0.421 e. The van der Waals surface area contributed by atoms with Gasteiger partial charge in [0, 0.05) is 48.5 Å². The molecule has 0 radical (unpaired) electrons. The van der Waals surface area contributed by atoms with Crippen LogP contribution >= 0.6 is 0 Å². The van der Waals surface area contributed by atoms with E-state index >= 15 is 0 Å². The Bertz CT molecular complexity index is 1180. The lowest BCUT2D eigenvalue weighted by Gasteiger charge is -2.35. The van der Waals surface area contributed by atoms with Gasteiger partial charge in [0.15, 0.2) is 0 Å². The standard InChI is InChI=1S/C28H38F3N7O2/c1-17(2)25(39)35-23-7-5-6-22(23)34-24-21(28(29,30)31)16-32-27(36-24)33-19-10-8-18(9-11-19)26(40)38(4)20-12-14-37(3)15-13-20/h8-11,16-17,20,22-23H,5-7,12-15H2,1-4H3,(H,35,39)(H2,32,33,34,36)/t22-,23+/m1/s1. The Hall–Kier alpha value is -3.41. The Morgan fingerprint density at radius 1 is 1.05 bits per heavy atom. The molecule has 9 nitrogen and oxygen atoms in total. The first-order valence-electron chi connectivity index (χ1n) is 13.8. The summed E-state index contributed by atoms with van der Waals surface area (Å²) in [6, 6.07) is 6.22. The molecule has 2 aromatic rings. The van der Waals surface area contributed by atoms with Gasteiger partial charge in [-0.25, -0.2) is 4.98 Å². The number of aromatic nitrogens is 2. The molecule has 2 heterocycles. The average molecular weight is 562 g/mol. The first-order chi connectivity index (χ1) is 18.9. The van der Waals surface area contributed by atoms with Crippen LogP contribution in [0.1, 0.15) is 61.9 Å².